The van der Waals surface area contributed by atoms with Crippen LogP contribution in [0.25, 0.3) is 5.65 Å². The molecular weight excluding hydrogens is 340 g/mol. The van der Waals surface area contributed by atoms with Gasteiger partial charge in [0.05, 0.1) is 5.69 Å². The van der Waals surface area contributed by atoms with E-state index >= 15 is 0 Å². The van der Waals surface area contributed by atoms with Crippen molar-refractivity contribution < 1.29 is 0 Å². The molecule has 0 unspecified atom stereocenters. The highest BCUT2D eigenvalue weighted by molar-refractivity contribution is 5.49. The maximum Gasteiger partial charge on any atom is 0.178 e. The minimum atomic E-state index is 0.387. The molecule has 2 aliphatic rings. The Labute approximate surface area is 158 Å². The summed E-state index contributed by atoms with van der Waals surface area (Å²) in [7, 11) is 4.00. The van der Waals surface area contributed by atoms with Crippen molar-refractivity contribution in [1.82, 2.24) is 29.8 Å². The fraction of sp³-hybridized carbons (Fsp3) is 0.526. The highest BCUT2D eigenvalue weighted by Gasteiger charge is 2.27. The second-order valence-electron chi connectivity index (χ2n) is 7.69. The summed E-state index contributed by atoms with van der Waals surface area (Å²) < 4.78 is 1.99. The molecule has 0 N–H and O–H groups in total. The number of aromatic nitrogens is 6. The lowest BCUT2D eigenvalue weighted by Crippen LogP contribution is -2.34. The van der Waals surface area contributed by atoms with Crippen LogP contribution in [-0.4, -0.2) is 57.0 Å². The highest BCUT2D eigenvalue weighted by atomic mass is 15.4. The molecular formula is C19H24N8. The van der Waals surface area contributed by atoms with E-state index in [2.05, 4.69) is 37.2 Å². The lowest BCUT2D eigenvalue weighted by atomic mass is 9.96. The molecule has 1 saturated heterocycles. The Kier molecular flexibility index (Phi) is 3.91. The van der Waals surface area contributed by atoms with Crippen molar-refractivity contribution in [1.29, 1.82) is 0 Å². The van der Waals surface area contributed by atoms with Crippen molar-refractivity contribution in [3.63, 3.8) is 0 Å². The van der Waals surface area contributed by atoms with E-state index in [1.807, 2.05) is 23.5 Å². The number of rotatable bonds is 3. The van der Waals surface area contributed by atoms with Crippen molar-refractivity contribution in [2.45, 2.75) is 38.0 Å². The molecule has 27 heavy (non-hydrogen) atoms. The van der Waals surface area contributed by atoms with Gasteiger partial charge in [0, 0.05) is 39.2 Å². The Bertz CT molecular complexity index is 971. The number of fused-ring (bicyclic) bond motifs is 2. The fourth-order valence-electron chi connectivity index (χ4n) is 4.17. The molecule has 0 spiro atoms. The van der Waals surface area contributed by atoms with Gasteiger partial charge in [0.2, 0.25) is 0 Å². The van der Waals surface area contributed by atoms with Crippen molar-refractivity contribution in [3.8, 4) is 0 Å². The van der Waals surface area contributed by atoms with E-state index in [0.717, 1.165) is 61.9 Å². The largest absolute Gasteiger partial charge is 0.363 e. The predicted octanol–water partition coefficient (Wildman–Crippen LogP) is 1.85. The normalized spacial score (nSPS) is 17.5. The van der Waals surface area contributed by atoms with Crippen molar-refractivity contribution in [2.24, 2.45) is 0 Å². The van der Waals surface area contributed by atoms with Gasteiger partial charge in [-0.15, -0.1) is 10.2 Å². The van der Waals surface area contributed by atoms with E-state index < -0.39 is 0 Å². The molecule has 5 rings (SSSR count). The van der Waals surface area contributed by atoms with Gasteiger partial charge < -0.3 is 9.80 Å². The van der Waals surface area contributed by atoms with E-state index in [-0.39, 0.29) is 0 Å². The van der Waals surface area contributed by atoms with E-state index in [0.29, 0.717) is 5.92 Å². The maximum atomic E-state index is 4.85. The van der Waals surface area contributed by atoms with Gasteiger partial charge in [0.1, 0.15) is 18.0 Å². The third kappa shape index (κ3) is 2.89. The molecule has 4 heterocycles. The molecule has 0 amide bonds. The topological polar surface area (TPSA) is 75.3 Å². The van der Waals surface area contributed by atoms with Gasteiger partial charge in [-0.2, -0.15) is 9.61 Å². The Balaban J connectivity index is 1.35. The average molecular weight is 364 g/mol. The molecule has 140 valence electrons. The zero-order valence-electron chi connectivity index (χ0n) is 15.8. The second kappa shape index (κ2) is 6.44. The smallest absolute Gasteiger partial charge is 0.178 e. The number of nitrogens with zero attached hydrogens (tertiary/aromatic N) is 8. The Morgan fingerprint density at radius 3 is 2.70 bits per heavy atom. The lowest BCUT2D eigenvalue weighted by Gasteiger charge is -2.32. The number of piperidine rings is 1. The first-order valence-corrected chi connectivity index (χ1v) is 9.67. The van der Waals surface area contributed by atoms with Gasteiger partial charge in [-0.3, -0.25) is 0 Å². The van der Waals surface area contributed by atoms with Crippen LogP contribution >= 0.6 is 0 Å². The Morgan fingerprint density at radius 1 is 1.04 bits per heavy atom. The zero-order chi connectivity index (χ0) is 18.4. The molecule has 1 aliphatic heterocycles. The molecule has 0 bridgehead atoms. The molecule has 0 atom stereocenters. The first kappa shape index (κ1) is 16.4. The SMILES string of the molecule is CN(C)c1cc(N2CCC(c3nnc4cc5c(nn34)CCC5)CC2)ncn1. The van der Waals surface area contributed by atoms with Crippen molar-refractivity contribution in [2.75, 3.05) is 37.0 Å². The first-order chi connectivity index (χ1) is 13.2. The fourth-order valence-corrected chi connectivity index (χ4v) is 4.17. The minimum Gasteiger partial charge on any atom is -0.363 e. The van der Waals surface area contributed by atoms with E-state index in [1.54, 1.807) is 6.33 Å². The second-order valence-corrected chi connectivity index (χ2v) is 7.69. The number of hydrogen-bond acceptors (Lipinski definition) is 7. The van der Waals surface area contributed by atoms with Gasteiger partial charge in [-0.05, 0) is 43.7 Å². The molecule has 0 aromatic carbocycles. The number of anilines is 2. The molecule has 0 radical (unpaired) electrons. The van der Waals surface area contributed by atoms with Crippen LogP contribution in [0.1, 0.15) is 42.3 Å². The van der Waals surface area contributed by atoms with Crippen LogP contribution in [-0.2, 0) is 12.8 Å². The van der Waals surface area contributed by atoms with Crippen LogP contribution in [0.3, 0.4) is 0 Å². The predicted molar refractivity (Wildman–Crippen MR) is 103 cm³/mol. The number of aryl methyl sites for hydroxylation is 2. The molecule has 1 fully saturated rings. The van der Waals surface area contributed by atoms with E-state index in [1.165, 1.54) is 17.7 Å². The van der Waals surface area contributed by atoms with Crippen LogP contribution in [0.2, 0.25) is 0 Å². The molecule has 3 aromatic rings. The average Bonchev–Trinajstić information content (AvgIpc) is 3.32. The zero-order valence-corrected chi connectivity index (χ0v) is 15.8. The molecule has 0 saturated carbocycles. The summed E-state index contributed by atoms with van der Waals surface area (Å²) in [5, 5.41) is 13.7. The Morgan fingerprint density at radius 2 is 1.89 bits per heavy atom. The summed E-state index contributed by atoms with van der Waals surface area (Å²) >= 11 is 0. The van der Waals surface area contributed by atoms with Gasteiger partial charge in [0.25, 0.3) is 0 Å². The number of hydrogen-bond donors (Lipinski definition) is 0. The monoisotopic (exact) mass is 364 g/mol. The van der Waals surface area contributed by atoms with Gasteiger partial charge >= 0.3 is 0 Å². The molecule has 1 aliphatic carbocycles. The van der Waals surface area contributed by atoms with E-state index in [9.17, 15) is 0 Å². The van der Waals surface area contributed by atoms with E-state index in [4.69, 9.17) is 5.10 Å². The summed E-state index contributed by atoms with van der Waals surface area (Å²) in [4.78, 5) is 13.1. The van der Waals surface area contributed by atoms with Crippen LogP contribution in [0.15, 0.2) is 18.5 Å². The summed E-state index contributed by atoms with van der Waals surface area (Å²) in [6.45, 7) is 1.91. The summed E-state index contributed by atoms with van der Waals surface area (Å²) in [6, 6.07) is 4.22. The third-order valence-corrected chi connectivity index (χ3v) is 5.72. The lowest BCUT2D eigenvalue weighted by molar-refractivity contribution is 0.474. The van der Waals surface area contributed by atoms with Crippen LogP contribution in [0.5, 0.6) is 0 Å². The molecule has 3 aromatic heterocycles. The van der Waals surface area contributed by atoms with Crippen LogP contribution < -0.4 is 9.80 Å². The quantitative estimate of drug-likeness (QED) is 0.702. The van der Waals surface area contributed by atoms with Crippen molar-refractivity contribution in [3.05, 3.63) is 35.5 Å². The van der Waals surface area contributed by atoms with Gasteiger partial charge in [-0.25, -0.2) is 9.97 Å². The Hall–Kier alpha value is -2.77. The summed E-state index contributed by atoms with van der Waals surface area (Å²) in [6.07, 6.45) is 7.09. The summed E-state index contributed by atoms with van der Waals surface area (Å²) in [5.41, 5.74) is 3.45. The molecule has 8 nitrogen and oxygen atoms in total. The van der Waals surface area contributed by atoms with Crippen LogP contribution in [0.4, 0.5) is 11.6 Å². The molecule has 8 heteroatoms. The van der Waals surface area contributed by atoms with Crippen LogP contribution in [0, 0.1) is 0 Å². The first-order valence-electron chi connectivity index (χ1n) is 9.67. The van der Waals surface area contributed by atoms with Gasteiger partial charge in [0.15, 0.2) is 11.5 Å². The van der Waals surface area contributed by atoms with Gasteiger partial charge in [-0.1, -0.05) is 0 Å². The highest BCUT2D eigenvalue weighted by Crippen LogP contribution is 2.30. The third-order valence-electron chi connectivity index (χ3n) is 5.72. The summed E-state index contributed by atoms with van der Waals surface area (Å²) in [5.74, 6) is 3.33. The minimum absolute atomic E-state index is 0.387. The standard InChI is InChI=1S/C19H24N8/c1-25(2)16-11-17(21-12-20-16)26-8-6-13(7-9-26)19-23-22-18-10-14-4-3-5-15(14)24-27(18)19/h10-13H,3-9H2,1-2H3. The maximum absolute atomic E-state index is 4.85. The van der Waals surface area contributed by atoms with Crippen molar-refractivity contribution >= 4 is 17.3 Å².